The molecule has 0 radical (unpaired) electrons. The van der Waals surface area contributed by atoms with Crippen LogP contribution >= 0.6 is 0 Å². The number of hydrogen-bond donors (Lipinski definition) is 0. The molecule has 0 aromatic heterocycles. The van der Waals surface area contributed by atoms with Crippen LogP contribution in [0.1, 0.15) is 22.3 Å². The van der Waals surface area contributed by atoms with E-state index >= 15 is 0 Å². The minimum atomic E-state index is 1.26. The third-order valence-corrected chi connectivity index (χ3v) is 27.9. The van der Waals surface area contributed by atoms with Gasteiger partial charge in [0.15, 0.2) is 0 Å². The van der Waals surface area contributed by atoms with Gasteiger partial charge >= 0.3 is 0 Å². The van der Waals surface area contributed by atoms with Gasteiger partial charge in [-0.25, -0.2) is 0 Å². The molecule has 27 rings (SSSR count). The summed E-state index contributed by atoms with van der Waals surface area (Å²) in [4.78, 5) is 0. The molecule has 136 heavy (non-hydrogen) atoms. The van der Waals surface area contributed by atoms with Crippen molar-refractivity contribution in [1.29, 1.82) is 0 Å². The molecule has 0 spiro atoms. The molecule has 0 fully saturated rings. The van der Waals surface area contributed by atoms with E-state index in [1.165, 1.54) is 262 Å². The highest BCUT2D eigenvalue weighted by Crippen LogP contribution is 2.50. The molecule has 27 aromatic carbocycles. The van der Waals surface area contributed by atoms with E-state index in [2.05, 4.69) is 537 Å². The van der Waals surface area contributed by atoms with Crippen molar-refractivity contribution < 1.29 is 0 Å². The molecule has 0 aliphatic rings. The second-order valence-corrected chi connectivity index (χ2v) is 36.1. The van der Waals surface area contributed by atoms with Gasteiger partial charge in [-0.3, -0.25) is 0 Å². The Hall–Kier alpha value is -17.2. The third kappa shape index (κ3) is 15.4. The smallest absolute Gasteiger partial charge is 0.00201 e. The summed E-state index contributed by atoms with van der Waals surface area (Å²) < 4.78 is 0. The Balaban J connectivity index is 0.0000000960. The second kappa shape index (κ2) is 36.2. The van der Waals surface area contributed by atoms with E-state index in [4.69, 9.17) is 0 Å². The fourth-order valence-electron chi connectivity index (χ4n) is 21.5. The maximum atomic E-state index is 2.34. The minimum absolute atomic E-state index is 1.26. The predicted octanol–water partition coefficient (Wildman–Crippen LogP) is 38.6. The van der Waals surface area contributed by atoms with E-state index < -0.39 is 0 Å². The van der Waals surface area contributed by atoms with Gasteiger partial charge in [0.1, 0.15) is 0 Å². The molecule has 0 aliphatic carbocycles. The Kier molecular flexibility index (Phi) is 22.1. The van der Waals surface area contributed by atoms with Gasteiger partial charge in [-0.15, -0.1) is 0 Å². The van der Waals surface area contributed by atoms with E-state index in [9.17, 15) is 0 Å². The zero-order valence-electron chi connectivity index (χ0n) is 76.5. The lowest BCUT2D eigenvalue weighted by molar-refractivity contribution is 1.51. The number of hydrogen-bond acceptors (Lipinski definition) is 0. The monoisotopic (exact) mass is 1730 g/mol. The maximum absolute atomic E-state index is 2.34. The van der Waals surface area contributed by atoms with E-state index in [1.54, 1.807) is 0 Å². The van der Waals surface area contributed by atoms with Crippen LogP contribution in [-0.2, 0) is 0 Å². The topological polar surface area (TPSA) is 0 Å². The standard InChI is InChI=1S/2C31H22.2C25H18.C24H16/c1-21-15-16-24-20-25(18-17-23(24)19-21)31-28-13-7-5-11-26(28)30(22-9-3-2-4-10-22)27-12-6-8-14-29(27)31;1-21-19-20-29(24-14-6-5-13-23(21)24)31-27-17-9-7-15-25(27)30(22-11-3-2-4-12-22)26-16-8-10-18-28(26)31;1-17-8-6-14-23-20(17)13-7-15-24(23)25-21-11-4-2-9-18(21)16-19-10-3-5-12-22(19)25;1-17-14-15-24(23-13-7-6-10-20(17)23)25-21-11-4-2-8-18(21)16-19-9-3-5-12-22(19)25;1-2-8-18-15-21(14-13-17(18)7-1)24-22-11-5-3-9-19(22)16-20-10-4-6-12-23(20)24/h2*2-20H,1H3;2*2-16H,1H3;1-16H. The first-order valence-corrected chi connectivity index (χ1v) is 47.3. The van der Waals surface area contributed by atoms with Crippen LogP contribution in [0, 0.1) is 27.7 Å². The quantitative estimate of drug-likeness (QED) is 0.140. The van der Waals surface area contributed by atoms with Crippen LogP contribution in [0.4, 0.5) is 0 Å². The van der Waals surface area contributed by atoms with Crippen molar-refractivity contribution in [1.82, 2.24) is 0 Å². The van der Waals surface area contributed by atoms with Crippen molar-refractivity contribution in [2.45, 2.75) is 27.7 Å². The molecule has 0 saturated heterocycles. The van der Waals surface area contributed by atoms with Crippen LogP contribution in [0.15, 0.2) is 510 Å². The first kappa shape index (κ1) is 83.2. The van der Waals surface area contributed by atoms with E-state index in [0.717, 1.165) is 0 Å². The van der Waals surface area contributed by atoms with Crippen molar-refractivity contribution in [2.75, 3.05) is 0 Å². The van der Waals surface area contributed by atoms with Crippen molar-refractivity contribution >= 4 is 162 Å². The van der Waals surface area contributed by atoms with Gasteiger partial charge in [0.2, 0.25) is 0 Å². The first-order chi connectivity index (χ1) is 67.2. The summed E-state index contributed by atoms with van der Waals surface area (Å²) in [6.07, 6.45) is 0. The highest BCUT2D eigenvalue weighted by molar-refractivity contribution is 6.26. The average Bonchev–Trinajstić information content (AvgIpc) is 0.724. The highest BCUT2D eigenvalue weighted by Gasteiger charge is 2.23. The minimum Gasteiger partial charge on any atom is -0.0622 e. The molecule has 640 valence electrons. The number of rotatable bonds is 7. The predicted molar refractivity (Wildman–Crippen MR) is 592 cm³/mol. The van der Waals surface area contributed by atoms with E-state index in [-0.39, 0.29) is 0 Å². The van der Waals surface area contributed by atoms with Crippen LogP contribution in [0.2, 0.25) is 0 Å². The molecule has 0 heterocycles. The number of fused-ring (bicyclic) bond motifs is 15. The van der Waals surface area contributed by atoms with Crippen molar-refractivity contribution in [3.63, 3.8) is 0 Å². The van der Waals surface area contributed by atoms with Crippen LogP contribution in [-0.4, -0.2) is 0 Å². The van der Waals surface area contributed by atoms with Crippen LogP contribution in [0.3, 0.4) is 0 Å². The molecule has 0 saturated carbocycles. The highest BCUT2D eigenvalue weighted by atomic mass is 14.3. The molecule has 0 heteroatoms. The van der Waals surface area contributed by atoms with E-state index in [0.29, 0.717) is 0 Å². The van der Waals surface area contributed by atoms with Crippen molar-refractivity contribution in [3.8, 4) is 77.9 Å². The number of benzene rings is 27. The average molecular weight is 1730 g/mol. The SMILES string of the molecule is Cc1ccc(-c2c3ccccc3c(-c3ccccc3)c3ccccc23)c2ccccc12.Cc1ccc(-c2c3ccccc3cc3ccccc23)c2ccccc12.Cc1ccc2cc(-c3c4ccccc4c(-c4ccccc4)c4ccccc34)ccc2c1.Cc1cccc2c(-c3c4ccccc4cc4ccccc34)cccc12.c1ccc2cc(-c3c4ccccc4cc4ccccc34)ccc2c1. The van der Waals surface area contributed by atoms with Gasteiger partial charge < -0.3 is 0 Å². The second-order valence-electron chi connectivity index (χ2n) is 36.1. The lowest BCUT2D eigenvalue weighted by atomic mass is 9.84. The summed E-state index contributed by atoms with van der Waals surface area (Å²) in [6, 6.07) is 185. The molecule has 0 unspecified atom stereocenters. The normalized spacial score (nSPS) is 11.4. The summed E-state index contributed by atoms with van der Waals surface area (Å²) in [5.41, 5.74) is 23.5. The molecule has 0 bridgehead atoms. The summed E-state index contributed by atoms with van der Waals surface area (Å²) in [7, 11) is 0. The van der Waals surface area contributed by atoms with Gasteiger partial charge in [0.05, 0.1) is 0 Å². The number of aryl methyl sites for hydroxylation is 4. The molecular weight excluding hydrogens is 1630 g/mol. The molecule has 27 aromatic rings. The largest absolute Gasteiger partial charge is 0.0622 e. The van der Waals surface area contributed by atoms with Crippen molar-refractivity contribution in [2.24, 2.45) is 0 Å². The lowest BCUT2D eigenvalue weighted by Gasteiger charge is -2.19. The van der Waals surface area contributed by atoms with Crippen molar-refractivity contribution in [3.05, 3.63) is 532 Å². The Bertz CT molecular complexity index is 8910. The van der Waals surface area contributed by atoms with E-state index in [1.807, 2.05) is 0 Å². The van der Waals surface area contributed by atoms with Gasteiger partial charge in [-0.2, -0.15) is 0 Å². The molecule has 0 atom stereocenters. The summed E-state index contributed by atoms with van der Waals surface area (Å²) in [6.45, 7) is 8.72. The Labute approximate surface area is 793 Å². The first-order valence-electron chi connectivity index (χ1n) is 47.3. The lowest BCUT2D eigenvalue weighted by Crippen LogP contribution is -1.92. The van der Waals surface area contributed by atoms with Gasteiger partial charge in [0, 0.05) is 0 Å². The fourth-order valence-corrected chi connectivity index (χ4v) is 21.5. The third-order valence-electron chi connectivity index (χ3n) is 27.9. The molecule has 0 nitrogen and oxygen atoms in total. The van der Waals surface area contributed by atoms with Crippen LogP contribution < -0.4 is 0 Å². The zero-order valence-corrected chi connectivity index (χ0v) is 76.5. The van der Waals surface area contributed by atoms with Crippen LogP contribution in [0.25, 0.3) is 239 Å². The Morgan fingerprint density at radius 2 is 0.324 bits per heavy atom. The maximum Gasteiger partial charge on any atom is -0.00201 e. The van der Waals surface area contributed by atoms with Gasteiger partial charge in [-0.1, -0.05) is 485 Å². The Morgan fingerprint density at radius 3 is 0.699 bits per heavy atom. The zero-order chi connectivity index (χ0) is 91.1. The molecule has 0 aliphatic heterocycles. The molecule has 0 N–H and O–H groups in total. The molecular formula is C136H96. The summed E-state index contributed by atoms with van der Waals surface area (Å²) in [5.74, 6) is 0. The fraction of sp³-hybridized carbons (Fsp3) is 0.0294. The van der Waals surface area contributed by atoms with Gasteiger partial charge in [-0.05, 0) is 314 Å². The van der Waals surface area contributed by atoms with Crippen LogP contribution in [0.5, 0.6) is 0 Å². The Morgan fingerprint density at radius 1 is 0.103 bits per heavy atom. The summed E-state index contributed by atoms with van der Waals surface area (Å²) >= 11 is 0. The van der Waals surface area contributed by atoms with Gasteiger partial charge in [0.25, 0.3) is 0 Å². The molecule has 0 amide bonds. The summed E-state index contributed by atoms with van der Waals surface area (Å²) in [5, 5.41) is 39.1.